The van der Waals surface area contributed by atoms with Crippen molar-refractivity contribution in [2.45, 2.75) is 32.8 Å². The largest absolute Gasteiger partial charge is 0.444 e. The first-order valence-electron chi connectivity index (χ1n) is 6.73. The maximum absolute atomic E-state index is 13.6. The van der Waals surface area contributed by atoms with E-state index >= 15 is 0 Å². The van der Waals surface area contributed by atoms with Gasteiger partial charge in [0.05, 0.1) is 0 Å². The number of aliphatic hydroxyl groups excluding tert-OH is 1. The van der Waals surface area contributed by atoms with Crippen molar-refractivity contribution in [3.05, 3.63) is 34.6 Å². The Balaban J connectivity index is 2.56. The minimum Gasteiger partial charge on any atom is -0.444 e. The molecule has 1 aromatic carbocycles. The zero-order valence-electron chi connectivity index (χ0n) is 12.5. The third-order valence-corrected chi connectivity index (χ3v) is 2.94. The van der Waals surface area contributed by atoms with Crippen LogP contribution in [0.25, 0.3) is 0 Å². The van der Waals surface area contributed by atoms with Crippen LogP contribution < -0.4 is 5.32 Å². The fourth-order valence-electron chi connectivity index (χ4n) is 1.75. The molecule has 118 valence electrons. The molecule has 0 bridgehead atoms. The van der Waals surface area contributed by atoms with Crippen LogP contribution in [0.15, 0.2) is 18.2 Å². The molecule has 1 atom stereocenters. The third kappa shape index (κ3) is 6.78. The SMILES string of the molecule is CC(C)(C)OC(=O)NCC(CO)Cc1cc(Cl)ccc1F. The van der Waals surface area contributed by atoms with Crippen LogP contribution in [-0.2, 0) is 11.2 Å². The van der Waals surface area contributed by atoms with Crippen LogP contribution >= 0.6 is 11.6 Å². The second-order valence-corrected chi connectivity index (χ2v) is 6.31. The molecule has 0 aliphatic heterocycles. The van der Waals surface area contributed by atoms with E-state index in [4.69, 9.17) is 16.3 Å². The van der Waals surface area contributed by atoms with Crippen LogP contribution in [0.1, 0.15) is 26.3 Å². The standard InChI is InChI=1S/C15H21ClFNO3/c1-15(2,3)21-14(20)18-8-10(9-19)6-11-7-12(16)4-5-13(11)17/h4-5,7,10,19H,6,8-9H2,1-3H3,(H,18,20). The van der Waals surface area contributed by atoms with Crippen molar-refractivity contribution in [2.75, 3.05) is 13.2 Å². The molecule has 0 aliphatic carbocycles. The molecule has 4 nitrogen and oxygen atoms in total. The lowest BCUT2D eigenvalue weighted by atomic mass is 9.99. The molecule has 0 aliphatic rings. The topological polar surface area (TPSA) is 58.6 Å². The molecule has 1 unspecified atom stereocenters. The van der Waals surface area contributed by atoms with E-state index in [0.717, 1.165) is 0 Å². The summed E-state index contributed by atoms with van der Waals surface area (Å²) in [6.45, 7) is 5.30. The molecule has 0 fully saturated rings. The highest BCUT2D eigenvalue weighted by atomic mass is 35.5. The number of alkyl carbamates (subject to hydrolysis) is 1. The Kier molecular flexibility index (Phi) is 6.42. The average Bonchev–Trinajstić information content (AvgIpc) is 2.36. The van der Waals surface area contributed by atoms with Gasteiger partial charge in [0.1, 0.15) is 11.4 Å². The lowest BCUT2D eigenvalue weighted by molar-refractivity contribution is 0.0512. The van der Waals surface area contributed by atoms with Gasteiger partial charge in [0.2, 0.25) is 0 Å². The Labute approximate surface area is 129 Å². The first-order valence-corrected chi connectivity index (χ1v) is 7.10. The maximum Gasteiger partial charge on any atom is 0.407 e. The van der Waals surface area contributed by atoms with Gasteiger partial charge in [-0.2, -0.15) is 0 Å². The van der Waals surface area contributed by atoms with Crippen LogP contribution in [0, 0.1) is 11.7 Å². The smallest absolute Gasteiger partial charge is 0.407 e. The number of aliphatic hydroxyl groups is 1. The molecule has 0 spiro atoms. The number of ether oxygens (including phenoxy) is 1. The lowest BCUT2D eigenvalue weighted by Crippen LogP contribution is -2.36. The Morgan fingerprint density at radius 2 is 2.14 bits per heavy atom. The molecule has 2 N–H and O–H groups in total. The van der Waals surface area contributed by atoms with Crippen LogP contribution in [0.4, 0.5) is 9.18 Å². The van der Waals surface area contributed by atoms with Crippen molar-refractivity contribution in [2.24, 2.45) is 5.92 Å². The summed E-state index contributed by atoms with van der Waals surface area (Å²) in [7, 11) is 0. The van der Waals surface area contributed by atoms with Gasteiger partial charge in [-0.25, -0.2) is 9.18 Å². The number of rotatable bonds is 5. The number of halogens is 2. The zero-order chi connectivity index (χ0) is 16.0. The lowest BCUT2D eigenvalue weighted by Gasteiger charge is -2.21. The van der Waals surface area contributed by atoms with Crippen molar-refractivity contribution < 1.29 is 19.0 Å². The predicted molar refractivity (Wildman–Crippen MR) is 79.9 cm³/mol. The second-order valence-electron chi connectivity index (χ2n) is 5.87. The average molecular weight is 318 g/mol. The van der Waals surface area contributed by atoms with Gasteiger partial charge < -0.3 is 15.2 Å². The van der Waals surface area contributed by atoms with Gasteiger partial charge in [-0.1, -0.05) is 11.6 Å². The zero-order valence-corrected chi connectivity index (χ0v) is 13.2. The summed E-state index contributed by atoms with van der Waals surface area (Å²) in [6, 6.07) is 4.27. The first-order chi connectivity index (χ1) is 9.71. The first kappa shape index (κ1) is 17.7. The predicted octanol–water partition coefficient (Wildman–Crippen LogP) is 3.15. The van der Waals surface area contributed by atoms with E-state index in [1.54, 1.807) is 20.8 Å². The Hall–Kier alpha value is -1.33. The van der Waals surface area contributed by atoms with Gasteiger partial charge in [0.15, 0.2) is 0 Å². The molecule has 1 rings (SSSR count). The van der Waals surface area contributed by atoms with Crippen LogP contribution in [-0.4, -0.2) is 30.0 Å². The maximum atomic E-state index is 13.6. The molecule has 0 heterocycles. The van der Waals surface area contributed by atoms with Crippen molar-refractivity contribution in [3.63, 3.8) is 0 Å². The number of hydrogen-bond acceptors (Lipinski definition) is 3. The summed E-state index contributed by atoms with van der Waals surface area (Å²) in [5.74, 6) is -0.694. The number of hydrogen-bond donors (Lipinski definition) is 2. The molecule has 6 heteroatoms. The number of nitrogens with one attached hydrogen (secondary N) is 1. The van der Waals surface area contributed by atoms with Gasteiger partial charge in [0.25, 0.3) is 0 Å². The minimum absolute atomic E-state index is 0.179. The normalized spacial score (nSPS) is 12.9. The molecular formula is C15H21ClFNO3. The summed E-state index contributed by atoms with van der Waals surface area (Å²) in [5.41, 5.74) is -0.176. The number of amides is 1. The van der Waals surface area contributed by atoms with Gasteiger partial charge in [-0.15, -0.1) is 0 Å². The van der Waals surface area contributed by atoms with E-state index in [0.29, 0.717) is 10.6 Å². The summed E-state index contributed by atoms with van der Waals surface area (Å²) >= 11 is 5.82. The summed E-state index contributed by atoms with van der Waals surface area (Å²) in [6.07, 6.45) is -0.286. The van der Waals surface area contributed by atoms with E-state index in [-0.39, 0.29) is 31.3 Å². The van der Waals surface area contributed by atoms with E-state index in [1.807, 2.05) is 0 Å². The van der Waals surface area contributed by atoms with Crippen molar-refractivity contribution in [1.29, 1.82) is 0 Å². The van der Waals surface area contributed by atoms with Crippen molar-refractivity contribution in [1.82, 2.24) is 5.32 Å². The second kappa shape index (κ2) is 7.61. The Morgan fingerprint density at radius 3 is 2.71 bits per heavy atom. The summed E-state index contributed by atoms with van der Waals surface area (Å²) in [5, 5.41) is 12.3. The third-order valence-electron chi connectivity index (χ3n) is 2.71. The fourth-order valence-corrected chi connectivity index (χ4v) is 1.95. The van der Waals surface area contributed by atoms with E-state index in [9.17, 15) is 14.3 Å². The van der Waals surface area contributed by atoms with Gasteiger partial charge in [-0.3, -0.25) is 0 Å². The van der Waals surface area contributed by atoms with E-state index in [1.165, 1.54) is 18.2 Å². The van der Waals surface area contributed by atoms with Gasteiger partial charge >= 0.3 is 6.09 Å². The van der Waals surface area contributed by atoms with Crippen LogP contribution in [0.3, 0.4) is 0 Å². The van der Waals surface area contributed by atoms with Gasteiger partial charge in [-0.05, 0) is 51.0 Å². The van der Waals surface area contributed by atoms with Crippen molar-refractivity contribution >= 4 is 17.7 Å². The van der Waals surface area contributed by atoms with E-state index in [2.05, 4.69) is 5.32 Å². The highest BCUT2D eigenvalue weighted by molar-refractivity contribution is 6.30. The minimum atomic E-state index is -0.585. The summed E-state index contributed by atoms with van der Waals surface area (Å²) in [4.78, 5) is 11.5. The molecule has 0 aromatic heterocycles. The highest BCUT2D eigenvalue weighted by Crippen LogP contribution is 2.18. The molecule has 0 saturated carbocycles. The fraction of sp³-hybridized carbons (Fsp3) is 0.533. The molecule has 1 amide bonds. The number of benzene rings is 1. The van der Waals surface area contributed by atoms with Crippen molar-refractivity contribution in [3.8, 4) is 0 Å². The van der Waals surface area contributed by atoms with E-state index < -0.39 is 11.7 Å². The molecule has 1 aromatic rings. The van der Waals surface area contributed by atoms with Gasteiger partial charge in [0, 0.05) is 24.1 Å². The Bertz CT molecular complexity index is 488. The van der Waals surface area contributed by atoms with Crippen LogP contribution in [0.2, 0.25) is 5.02 Å². The quantitative estimate of drug-likeness (QED) is 0.877. The molecule has 0 saturated heterocycles. The number of carbonyl (C=O) groups excluding carboxylic acids is 1. The number of carbonyl (C=O) groups is 1. The van der Waals surface area contributed by atoms with Crippen LogP contribution in [0.5, 0.6) is 0 Å². The molecule has 21 heavy (non-hydrogen) atoms. The molecule has 0 radical (unpaired) electrons. The highest BCUT2D eigenvalue weighted by Gasteiger charge is 2.18. The summed E-state index contributed by atoms with van der Waals surface area (Å²) < 4.78 is 18.7. The molecular weight excluding hydrogens is 297 g/mol. The Morgan fingerprint density at radius 1 is 1.48 bits per heavy atom. The monoisotopic (exact) mass is 317 g/mol.